The Morgan fingerprint density at radius 1 is 1.47 bits per heavy atom. The summed E-state index contributed by atoms with van der Waals surface area (Å²) in [5, 5.41) is 3.45. The van der Waals surface area contributed by atoms with Crippen molar-refractivity contribution in [1.29, 1.82) is 0 Å². The van der Waals surface area contributed by atoms with E-state index in [9.17, 15) is 0 Å². The van der Waals surface area contributed by atoms with Gasteiger partial charge in [-0.25, -0.2) is 4.98 Å². The van der Waals surface area contributed by atoms with Crippen LogP contribution in [0.1, 0.15) is 33.1 Å². The first kappa shape index (κ1) is 14.1. The van der Waals surface area contributed by atoms with Crippen molar-refractivity contribution >= 4 is 0 Å². The van der Waals surface area contributed by atoms with Gasteiger partial charge in [-0.2, -0.15) is 0 Å². The fourth-order valence-electron chi connectivity index (χ4n) is 2.58. The molecule has 4 heteroatoms. The Morgan fingerprint density at radius 2 is 2.37 bits per heavy atom. The van der Waals surface area contributed by atoms with Gasteiger partial charge in [0.1, 0.15) is 6.10 Å². The van der Waals surface area contributed by atoms with E-state index in [1.807, 2.05) is 19.1 Å². The number of aromatic nitrogens is 1. The topological polar surface area (TPSA) is 43.4 Å². The molecule has 1 aromatic rings. The zero-order chi connectivity index (χ0) is 13.5. The highest BCUT2D eigenvalue weighted by molar-refractivity contribution is 5.32. The van der Waals surface area contributed by atoms with Gasteiger partial charge in [-0.15, -0.1) is 0 Å². The maximum Gasteiger partial charge on any atom is 0.256 e. The Bertz CT molecular complexity index is 378. The Kier molecular flexibility index (Phi) is 5.45. The minimum atomic E-state index is 0.233. The molecule has 0 saturated carbocycles. The molecule has 1 aromatic heterocycles. The molecule has 1 aliphatic heterocycles. The number of pyridine rings is 1. The van der Waals surface area contributed by atoms with Gasteiger partial charge in [-0.3, -0.25) is 0 Å². The van der Waals surface area contributed by atoms with Crippen molar-refractivity contribution in [2.24, 2.45) is 5.92 Å². The number of hydrogen-bond donors (Lipinski definition) is 1. The molecule has 1 fully saturated rings. The molecule has 19 heavy (non-hydrogen) atoms. The molecule has 0 aliphatic carbocycles. The Morgan fingerprint density at radius 3 is 3.05 bits per heavy atom. The molecule has 1 N–H and O–H groups in total. The molecule has 2 heterocycles. The van der Waals surface area contributed by atoms with E-state index >= 15 is 0 Å². The molecule has 106 valence electrons. The van der Waals surface area contributed by atoms with E-state index < -0.39 is 0 Å². The molecule has 1 aliphatic rings. The standard InChI is InChI=1S/C15H24N2O2/c1-3-13(12-7-5-9-16-11-12)19-14-8-6-10-17-15(14)18-4-2/h6,8,10,12-13,16H,3-5,7,9,11H2,1-2H3/t12-,13-/m0/s1. The van der Waals surface area contributed by atoms with E-state index in [4.69, 9.17) is 9.47 Å². The van der Waals surface area contributed by atoms with Gasteiger partial charge in [0.2, 0.25) is 0 Å². The van der Waals surface area contributed by atoms with Gasteiger partial charge in [0, 0.05) is 18.7 Å². The Labute approximate surface area is 115 Å². The van der Waals surface area contributed by atoms with E-state index in [-0.39, 0.29) is 6.10 Å². The molecule has 0 radical (unpaired) electrons. The number of rotatable bonds is 6. The van der Waals surface area contributed by atoms with Crippen molar-refractivity contribution < 1.29 is 9.47 Å². The molecule has 2 atom stereocenters. The first-order valence-corrected chi connectivity index (χ1v) is 7.30. The van der Waals surface area contributed by atoms with Gasteiger partial charge < -0.3 is 14.8 Å². The minimum absolute atomic E-state index is 0.233. The fraction of sp³-hybridized carbons (Fsp3) is 0.667. The first-order valence-electron chi connectivity index (χ1n) is 7.30. The van der Waals surface area contributed by atoms with Crippen LogP contribution in [-0.4, -0.2) is 30.8 Å². The van der Waals surface area contributed by atoms with Crippen LogP contribution in [0, 0.1) is 5.92 Å². The molecular formula is C15H24N2O2. The quantitative estimate of drug-likeness (QED) is 0.858. The molecule has 4 nitrogen and oxygen atoms in total. The molecule has 0 spiro atoms. The van der Waals surface area contributed by atoms with Gasteiger partial charge in [0.25, 0.3) is 5.88 Å². The van der Waals surface area contributed by atoms with E-state index in [0.717, 1.165) is 25.3 Å². The van der Waals surface area contributed by atoms with Crippen LogP contribution in [0.4, 0.5) is 0 Å². The number of ether oxygens (including phenoxy) is 2. The van der Waals surface area contributed by atoms with Crippen LogP contribution in [0.15, 0.2) is 18.3 Å². The van der Waals surface area contributed by atoms with Crippen LogP contribution < -0.4 is 14.8 Å². The second-order valence-electron chi connectivity index (χ2n) is 4.91. The summed E-state index contributed by atoms with van der Waals surface area (Å²) in [6.45, 7) is 6.92. The van der Waals surface area contributed by atoms with Crippen molar-refractivity contribution in [1.82, 2.24) is 10.3 Å². The van der Waals surface area contributed by atoms with Crippen LogP contribution in [0.2, 0.25) is 0 Å². The summed E-state index contributed by atoms with van der Waals surface area (Å²) in [4.78, 5) is 4.24. The third kappa shape index (κ3) is 3.83. The lowest BCUT2D eigenvalue weighted by molar-refractivity contribution is 0.106. The average Bonchev–Trinajstić information content (AvgIpc) is 2.47. The highest BCUT2D eigenvalue weighted by Gasteiger charge is 2.24. The van der Waals surface area contributed by atoms with Gasteiger partial charge in [-0.05, 0) is 44.9 Å². The number of piperidine rings is 1. The molecule has 0 bridgehead atoms. The van der Waals surface area contributed by atoms with Crippen LogP contribution in [-0.2, 0) is 0 Å². The lowest BCUT2D eigenvalue weighted by Gasteiger charge is -2.30. The Balaban J connectivity index is 2.04. The van der Waals surface area contributed by atoms with E-state index in [0.29, 0.717) is 18.4 Å². The van der Waals surface area contributed by atoms with Gasteiger partial charge >= 0.3 is 0 Å². The first-order chi connectivity index (χ1) is 9.35. The van der Waals surface area contributed by atoms with Crippen LogP contribution in [0.5, 0.6) is 11.6 Å². The smallest absolute Gasteiger partial charge is 0.256 e. The number of hydrogen-bond acceptors (Lipinski definition) is 4. The number of nitrogens with one attached hydrogen (secondary N) is 1. The van der Waals surface area contributed by atoms with E-state index in [1.165, 1.54) is 12.8 Å². The van der Waals surface area contributed by atoms with Gasteiger partial charge in [0.05, 0.1) is 6.61 Å². The molecule has 0 unspecified atom stereocenters. The summed E-state index contributed by atoms with van der Waals surface area (Å²) in [5.41, 5.74) is 0. The second-order valence-corrected chi connectivity index (χ2v) is 4.91. The van der Waals surface area contributed by atoms with Crippen molar-refractivity contribution in [3.8, 4) is 11.6 Å². The Hall–Kier alpha value is -1.29. The van der Waals surface area contributed by atoms with E-state index in [2.05, 4.69) is 17.2 Å². The maximum absolute atomic E-state index is 6.16. The molecule has 0 aromatic carbocycles. The summed E-state index contributed by atoms with van der Waals surface area (Å²) in [6.07, 6.45) is 5.44. The van der Waals surface area contributed by atoms with Crippen LogP contribution in [0.25, 0.3) is 0 Å². The summed E-state index contributed by atoms with van der Waals surface area (Å²) < 4.78 is 11.7. The average molecular weight is 264 g/mol. The highest BCUT2D eigenvalue weighted by atomic mass is 16.5. The normalized spacial score (nSPS) is 20.8. The third-order valence-electron chi connectivity index (χ3n) is 3.56. The third-order valence-corrected chi connectivity index (χ3v) is 3.56. The van der Waals surface area contributed by atoms with Crippen molar-refractivity contribution in [3.63, 3.8) is 0 Å². The van der Waals surface area contributed by atoms with Gasteiger partial charge in [0.15, 0.2) is 5.75 Å². The lowest BCUT2D eigenvalue weighted by Crippen LogP contribution is -2.39. The van der Waals surface area contributed by atoms with Crippen molar-refractivity contribution in [3.05, 3.63) is 18.3 Å². The summed E-state index contributed by atoms with van der Waals surface area (Å²) in [6, 6.07) is 3.83. The van der Waals surface area contributed by atoms with Crippen molar-refractivity contribution in [2.45, 2.75) is 39.2 Å². The minimum Gasteiger partial charge on any atom is -0.484 e. The second kappa shape index (κ2) is 7.34. The summed E-state index contributed by atoms with van der Waals surface area (Å²) >= 11 is 0. The summed E-state index contributed by atoms with van der Waals surface area (Å²) in [7, 11) is 0. The predicted octanol–water partition coefficient (Wildman–Crippen LogP) is 2.64. The molecule has 2 rings (SSSR count). The number of nitrogens with zero attached hydrogens (tertiary/aromatic N) is 1. The largest absolute Gasteiger partial charge is 0.484 e. The van der Waals surface area contributed by atoms with Gasteiger partial charge in [-0.1, -0.05) is 6.92 Å². The lowest BCUT2D eigenvalue weighted by atomic mass is 9.92. The zero-order valence-electron chi connectivity index (χ0n) is 11.9. The van der Waals surface area contributed by atoms with Crippen LogP contribution >= 0.6 is 0 Å². The monoisotopic (exact) mass is 264 g/mol. The van der Waals surface area contributed by atoms with E-state index in [1.54, 1.807) is 6.20 Å². The van der Waals surface area contributed by atoms with Crippen molar-refractivity contribution in [2.75, 3.05) is 19.7 Å². The molecular weight excluding hydrogens is 240 g/mol. The zero-order valence-corrected chi connectivity index (χ0v) is 11.9. The molecule has 1 saturated heterocycles. The molecule has 0 amide bonds. The highest BCUT2D eigenvalue weighted by Crippen LogP contribution is 2.28. The fourth-order valence-corrected chi connectivity index (χ4v) is 2.58. The predicted molar refractivity (Wildman–Crippen MR) is 75.7 cm³/mol. The summed E-state index contributed by atoms with van der Waals surface area (Å²) in [5.74, 6) is 1.95. The SMILES string of the molecule is CCOc1ncccc1O[C@@H](CC)[C@H]1CCCNC1. The maximum atomic E-state index is 6.16. The van der Waals surface area contributed by atoms with Crippen LogP contribution in [0.3, 0.4) is 0 Å².